The van der Waals surface area contributed by atoms with Gasteiger partial charge in [-0.25, -0.2) is 9.98 Å². The van der Waals surface area contributed by atoms with Crippen LogP contribution in [0, 0.1) is 0 Å². The van der Waals surface area contributed by atoms with Gasteiger partial charge in [-0.1, -0.05) is 24.3 Å². The molecule has 29 heavy (non-hydrogen) atoms. The van der Waals surface area contributed by atoms with Gasteiger partial charge in [0.05, 0.1) is 12.6 Å². The molecule has 1 aliphatic rings. The summed E-state index contributed by atoms with van der Waals surface area (Å²) in [6.45, 7) is 7.69. The number of para-hydroxylation sites is 1. The number of nitrogens with zero attached hydrogens (tertiary/aromatic N) is 3. The van der Waals surface area contributed by atoms with Crippen LogP contribution in [0.1, 0.15) is 44.4 Å². The van der Waals surface area contributed by atoms with Gasteiger partial charge in [0, 0.05) is 44.4 Å². The lowest BCUT2D eigenvalue weighted by molar-refractivity contribution is 0.0694. The summed E-state index contributed by atoms with van der Waals surface area (Å²) < 4.78 is 6.15. The molecule has 1 atom stereocenters. The Morgan fingerprint density at radius 1 is 1.24 bits per heavy atom. The third-order valence-corrected chi connectivity index (χ3v) is 4.73. The molecule has 158 valence electrons. The van der Waals surface area contributed by atoms with Crippen LogP contribution < -0.4 is 20.3 Å². The van der Waals surface area contributed by atoms with E-state index >= 15 is 0 Å². The van der Waals surface area contributed by atoms with Crippen LogP contribution in [0.25, 0.3) is 0 Å². The minimum Gasteiger partial charge on any atom is -0.487 e. The highest BCUT2D eigenvalue weighted by atomic mass is 127. The van der Waals surface area contributed by atoms with Crippen LogP contribution in [0.4, 0.5) is 5.82 Å². The third kappa shape index (κ3) is 5.98. The van der Waals surface area contributed by atoms with Gasteiger partial charge in [0.2, 0.25) is 0 Å². The number of halogens is 1. The van der Waals surface area contributed by atoms with Crippen LogP contribution in [0.5, 0.6) is 5.75 Å². The Labute approximate surface area is 191 Å². The molecule has 2 N–H and O–H groups in total. The molecule has 0 amide bonds. The molecule has 1 aromatic carbocycles. The van der Waals surface area contributed by atoms with Crippen molar-refractivity contribution in [2.45, 2.75) is 45.4 Å². The summed E-state index contributed by atoms with van der Waals surface area (Å²) in [4.78, 5) is 11.3. The number of benzene rings is 1. The lowest BCUT2D eigenvalue weighted by Gasteiger charge is -2.38. The van der Waals surface area contributed by atoms with Crippen molar-refractivity contribution < 1.29 is 4.74 Å². The minimum atomic E-state index is -0.231. The van der Waals surface area contributed by atoms with Crippen LogP contribution in [0.2, 0.25) is 0 Å². The van der Waals surface area contributed by atoms with Gasteiger partial charge < -0.3 is 20.3 Å². The largest absolute Gasteiger partial charge is 0.487 e. The monoisotopic (exact) mass is 509 g/mol. The third-order valence-electron chi connectivity index (χ3n) is 4.73. The van der Waals surface area contributed by atoms with Gasteiger partial charge in [-0.3, -0.25) is 0 Å². The standard InChI is InChI=1S/C22H31N5O.HI/c1-6-23-21(25-15-16-10-9-13-24-20(16)27(4)5)26-18-14-22(2,3)28-19-12-8-7-11-17(18)19;/h7-13,18H,6,14-15H2,1-5H3,(H2,23,25,26);1H. The maximum Gasteiger partial charge on any atom is 0.192 e. The summed E-state index contributed by atoms with van der Waals surface area (Å²) in [6.07, 6.45) is 2.68. The SMILES string of the molecule is CCNC(=NCc1cccnc1N(C)C)NC1CC(C)(C)Oc2ccccc21.I. The Hall–Kier alpha value is -2.03. The zero-order valence-electron chi connectivity index (χ0n) is 17.9. The normalized spacial score (nSPS) is 17.4. The molecule has 0 aliphatic carbocycles. The Morgan fingerprint density at radius 2 is 2.00 bits per heavy atom. The fourth-order valence-electron chi connectivity index (χ4n) is 3.54. The van der Waals surface area contributed by atoms with Gasteiger partial charge in [0.25, 0.3) is 0 Å². The molecule has 2 heterocycles. The molecule has 1 unspecified atom stereocenters. The van der Waals surface area contributed by atoms with Gasteiger partial charge in [0.1, 0.15) is 17.2 Å². The van der Waals surface area contributed by atoms with Gasteiger partial charge in [0.15, 0.2) is 5.96 Å². The van der Waals surface area contributed by atoms with Crippen molar-refractivity contribution in [3.05, 3.63) is 53.7 Å². The molecule has 0 spiro atoms. The Bertz CT molecular complexity index is 837. The number of aromatic nitrogens is 1. The molecule has 7 heteroatoms. The first-order valence-electron chi connectivity index (χ1n) is 9.83. The first kappa shape index (κ1) is 23.3. The zero-order valence-corrected chi connectivity index (χ0v) is 20.2. The van der Waals surface area contributed by atoms with Crippen LogP contribution >= 0.6 is 24.0 Å². The van der Waals surface area contributed by atoms with Crippen LogP contribution in [-0.4, -0.2) is 37.2 Å². The first-order chi connectivity index (χ1) is 13.4. The van der Waals surface area contributed by atoms with Crippen molar-refractivity contribution in [3.8, 4) is 5.75 Å². The van der Waals surface area contributed by atoms with Crippen molar-refractivity contribution in [3.63, 3.8) is 0 Å². The highest BCUT2D eigenvalue weighted by Gasteiger charge is 2.33. The molecular formula is C22H32IN5O. The molecule has 3 rings (SSSR count). The Morgan fingerprint density at radius 3 is 2.72 bits per heavy atom. The van der Waals surface area contributed by atoms with E-state index in [4.69, 9.17) is 9.73 Å². The fraction of sp³-hybridized carbons (Fsp3) is 0.455. The maximum atomic E-state index is 6.15. The molecule has 2 aromatic rings. The molecule has 0 saturated carbocycles. The Balaban J connectivity index is 0.00000300. The van der Waals surface area contributed by atoms with Gasteiger partial charge in [-0.2, -0.15) is 0 Å². The molecule has 0 radical (unpaired) electrons. The van der Waals surface area contributed by atoms with E-state index < -0.39 is 0 Å². The van der Waals surface area contributed by atoms with Crippen molar-refractivity contribution in [1.29, 1.82) is 0 Å². The summed E-state index contributed by atoms with van der Waals surface area (Å²) in [5.74, 6) is 2.68. The summed E-state index contributed by atoms with van der Waals surface area (Å²) >= 11 is 0. The van der Waals surface area contributed by atoms with E-state index in [2.05, 4.69) is 54.6 Å². The Kier molecular flexibility index (Phi) is 8.13. The highest BCUT2D eigenvalue weighted by Crippen LogP contribution is 2.39. The average Bonchev–Trinajstić information content (AvgIpc) is 2.65. The highest BCUT2D eigenvalue weighted by molar-refractivity contribution is 14.0. The second kappa shape index (κ2) is 10.1. The molecule has 1 aliphatic heterocycles. The number of anilines is 1. The van der Waals surface area contributed by atoms with Crippen LogP contribution in [0.15, 0.2) is 47.6 Å². The number of fused-ring (bicyclic) bond motifs is 1. The summed E-state index contributed by atoms with van der Waals surface area (Å²) in [5, 5.41) is 6.98. The first-order valence-corrected chi connectivity index (χ1v) is 9.83. The number of guanidine groups is 1. The predicted octanol–water partition coefficient (Wildman–Crippen LogP) is 4.12. The van der Waals surface area contributed by atoms with Crippen LogP contribution in [-0.2, 0) is 6.54 Å². The van der Waals surface area contributed by atoms with E-state index in [9.17, 15) is 0 Å². The molecular weight excluding hydrogens is 477 g/mol. The summed E-state index contributed by atoms with van der Waals surface area (Å²) in [6, 6.07) is 12.4. The van der Waals surface area contributed by atoms with E-state index in [1.165, 1.54) is 5.56 Å². The lowest BCUT2D eigenvalue weighted by Crippen LogP contribution is -2.45. The lowest BCUT2D eigenvalue weighted by atomic mass is 9.90. The van der Waals surface area contributed by atoms with Crippen molar-refractivity contribution in [1.82, 2.24) is 15.6 Å². The maximum absolute atomic E-state index is 6.15. The molecule has 1 aromatic heterocycles. The van der Waals surface area contributed by atoms with E-state index in [1.54, 1.807) is 0 Å². The van der Waals surface area contributed by atoms with Gasteiger partial charge >= 0.3 is 0 Å². The molecule has 0 fully saturated rings. The second-order valence-corrected chi connectivity index (χ2v) is 7.88. The van der Waals surface area contributed by atoms with Gasteiger partial charge in [-0.05, 0) is 32.9 Å². The number of hydrogen-bond acceptors (Lipinski definition) is 4. The van der Waals surface area contributed by atoms with E-state index in [0.29, 0.717) is 6.54 Å². The summed E-state index contributed by atoms with van der Waals surface area (Å²) in [5.41, 5.74) is 2.03. The molecule has 0 saturated heterocycles. The molecule has 6 nitrogen and oxygen atoms in total. The number of hydrogen-bond donors (Lipinski definition) is 2. The number of pyridine rings is 1. The second-order valence-electron chi connectivity index (χ2n) is 7.88. The predicted molar refractivity (Wildman–Crippen MR) is 130 cm³/mol. The van der Waals surface area contributed by atoms with Crippen molar-refractivity contribution >= 4 is 35.8 Å². The van der Waals surface area contributed by atoms with E-state index in [-0.39, 0.29) is 35.6 Å². The average molecular weight is 509 g/mol. The zero-order chi connectivity index (χ0) is 20.1. The van der Waals surface area contributed by atoms with E-state index in [0.717, 1.165) is 36.1 Å². The fourth-order valence-corrected chi connectivity index (χ4v) is 3.54. The van der Waals surface area contributed by atoms with Gasteiger partial charge in [-0.15, -0.1) is 24.0 Å². The van der Waals surface area contributed by atoms with E-state index in [1.807, 2.05) is 43.4 Å². The smallest absolute Gasteiger partial charge is 0.192 e. The number of rotatable bonds is 5. The number of aliphatic imine (C=N–C) groups is 1. The van der Waals surface area contributed by atoms with Crippen molar-refractivity contribution in [2.75, 3.05) is 25.5 Å². The van der Waals surface area contributed by atoms with Crippen LogP contribution in [0.3, 0.4) is 0 Å². The number of nitrogens with one attached hydrogen (secondary N) is 2. The quantitative estimate of drug-likeness (QED) is 0.361. The van der Waals surface area contributed by atoms with Crippen molar-refractivity contribution in [2.24, 2.45) is 4.99 Å². The number of ether oxygens (including phenoxy) is 1. The minimum absolute atomic E-state index is 0. The summed E-state index contributed by atoms with van der Waals surface area (Å²) in [7, 11) is 4.00. The molecule has 0 bridgehead atoms. The topological polar surface area (TPSA) is 61.8 Å².